The highest BCUT2D eigenvalue weighted by molar-refractivity contribution is 5.60. The number of ether oxygens (including phenoxy) is 1. The van der Waals surface area contributed by atoms with E-state index in [1.165, 1.54) is 17.7 Å². The molecule has 0 saturated carbocycles. The van der Waals surface area contributed by atoms with Crippen molar-refractivity contribution in [3.8, 4) is 5.75 Å². The minimum atomic E-state index is 0.618. The van der Waals surface area contributed by atoms with Crippen LogP contribution >= 0.6 is 0 Å². The Morgan fingerprint density at radius 1 is 1.44 bits per heavy atom. The van der Waals surface area contributed by atoms with Gasteiger partial charge in [-0.3, -0.25) is 0 Å². The molecular weight excluding hydrogens is 200 g/mol. The summed E-state index contributed by atoms with van der Waals surface area (Å²) in [7, 11) is 5.96. The fraction of sp³-hybridized carbons (Fsp3) is 0.538. The molecular formula is C13H20N2O. The van der Waals surface area contributed by atoms with Gasteiger partial charge < -0.3 is 15.0 Å². The van der Waals surface area contributed by atoms with Crippen molar-refractivity contribution in [1.29, 1.82) is 0 Å². The van der Waals surface area contributed by atoms with Crippen LogP contribution in [0.3, 0.4) is 0 Å². The number of fused-ring (bicyclic) bond motifs is 1. The van der Waals surface area contributed by atoms with Gasteiger partial charge in [-0.15, -0.1) is 0 Å². The quantitative estimate of drug-likeness (QED) is 0.841. The lowest BCUT2D eigenvalue weighted by Gasteiger charge is -2.14. The molecule has 1 aromatic carbocycles. The summed E-state index contributed by atoms with van der Waals surface area (Å²) in [5.41, 5.74) is 2.67. The lowest BCUT2D eigenvalue weighted by atomic mass is 9.97. The van der Waals surface area contributed by atoms with Crippen LogP contribution < -0.4 is 10.1 Å². The maximum atomic E-state index is 5.28. The second kappa shape index (κ2) is 4.74. The normalized spacial score (nSPS) is 18.4. The molecule has 16 heavy (non-hydrogen) atoms. The molecule has 3 nitrogen and oxygen atoms in total. The van der Waals surface area contributed by atoms with Gasteiger partial charge >= 0.3 is 0 Å². The Morgan fingerprint density at radius 2 is 2.25 bits per heavy atom. The monoisotopic (exact) mass is 220 g/mol. The van der Waals surface area contributed by atoms with Crippen molar-refractivity contribution in [3.05, 3.63) is 23.8 Å². The van der Waals surface area contributed by atoms with Gasteiger partial charge in [-0.05, 0) is 50.8 Å². The first-order valence-corrected chi connectivity index (χ1v) is 5.77. The lowest BCUT2D eigenvalue weighted by molar-refractivity contribution is 0.385. The molecule has 3 heteroatoms. The molecule has 0 saturated heterocycles. The molecule has 0 unspecified atom stereocenters. The van der Waals surface area contributed by atoms with E-state index in [-0.39, 0.29) is 0 Å². The zero-order valence-corrected chi connectivity index (χ0v) is 10.3. The second-order valence-corrected chi connectivity index (χ2v) is 4.62. The molecule has 2 rings (SSSR count). The predicted octanol–water partition coefficient (Wildman–Crippen LogP) is 2.16. The number of hydrogen-bond acceptors (Lipinski definition) is 3. The fourth-order valence-corrected chi connectivity index (χ4v) is 2.18. The van der Waals surface area contributed by atoms with Crippen molar-refractivity contribution in [3.63, 3.8) is 0 Å². The Morgan fingerprint density at radius 3 is 2.94 bits per heavy atom. The fourth-order valence-electron chi connectivity index (χ4n) is 2.18. The molecule has 0 spiro atoms. The van der Waals surface area contributed by atoms with Crippen molar-refractivity contribution in [2.45, 2.75) is 12.3 Å². The van der Waals surface area contributed by atoms with Gasteiger partial charge in [-0.25, -0.2) is 0 Å². The number of methoxy groups -OCH3 is 1. The first kappa shape index (κ1) is 11.3. The van der Waals surface area contributed by atoms with Crippen molar-refractivity contribution >= 4 is 5.69 Å². The van der Waals surface area contributed by atoms with Crippen LogP contribution in [-0.4, -0.2) is 39.2 Å². The molecule has 0 bridgehead atoms. The van der Waals surface area contributed by atoms with Crippen molar-refractivity contribution < 1.29 is 4.74 Å². The standard InChI is InChI=1S/C13H20N2O/c1-15(2)7-6-10-9-14-13-5-4-11(16-3)8-12(10)13/h4-5,8,10,14H,6-7,9H2,1-3H3/t10-/m0/s1. The number of rotatable bonds is 4. The van der Waals surface area contributed by atoms with E-state index in [2.05, 4.69) is 36.4 Å². The molecule has 1 aromatic rings. The van der Waals surface area contributed by atoms with Crippen molar-refractivity contribution in [2.24, 2.45) is 0 Å². The van der Waals surface area contributed by atoms with Crippen LogP contribution in [0.1, 0.15) is 17.9 Å². The smallest absolute Gasteiger partial charge is 0.119 e. The summed E-state index contributed by atoms with van der Waals surface area (Å²) >= 11 is 0. The highest BCUT2D eigenvalue weighted by atomic mass is 16.5. The first-order chi connectivity index (χ1) is 7.70. The van der Waals surface area contributed by atoms with Crippen LogP contribution in [0.5, 0.6) is 5.75 Å². The van der Waals surface area contributed by atoms with Crippen LogP contribution in [0.15, 0.2) is 18.2 Å². The molecule has 0 aliphatic carbocycles. The van der Waals surface area contributed by atoms with E-state index in [0.29, 0.717) is 5.92 Å². The van der Waals surface area contributed by atoms with Crippen LogP contribution in [0.4, 0.5) is 5.69 Å². The third-order valence-corrected chi connectivity index (χ3v) is 3.16. The summed E-state index contributed by atoms with van der Waals surface area (Å²) in [5.74, 6) is 1.57. The number of anilines is 1. The van der Waals surface area contributed by atoms with Gasteiger partial charge in [-0.1, -0.05) is 0 Å². The highest BCUT2D eigenvalue weighted by Gasteiger charge is 2.22. The van der Waals surface area contributed by atoms with Gasteiger partial charge in [0.05, 0.1) is 7.11 Å². The highest BCUT2D eigenvalue weighted by Crippen LogP contribution is 2.35. The Hall–Kier alpha value is -1.22. The predicted molar refractivity (Wildman–Crippen MR) is 67.4 cm³/mol. The second-order valence-electron chi connectivity index (χ2n) is 4.62. The topological polar surface area (TPSA) is 24.5 Å². The Kier molecular flexibility index (Phi) is 3.34. The van der Waals surface area contributed by atoms with Gasteiger partial charge in [0.25, 0.3) is 0 Å². The molecule has 0 fully saturated rings. The van der Waals surface area contributed by atoms with E-state index in [1.807, 2.05) is 6.07 Å². The summed E-state index contributed by atoms with van der Waals surface area (Å²) < 4.78 is 5.28. The SMILES string of the molecule is COc1ccc2c(c1)[C@@H](CCN(C)C)CN2. The minimum absolute atomic E-state index is 0.618. The zero-order valence-electron chi connectivity index (χ0n) is 10.3. The molecule has 0 aromatic heterocycles. The lowest BCUT2D eigenvalue weighted by Crippen LogP contribution is -2.16. The van der Waals surface area contributed by atoms with E-state index in [9.17, 15) is 0 Å². The third kappa shape index (κ3) is 2.30. The van der Waals surface area contributed by atoms with Crippen molar-refractivity contribution in [2.75, 3.05) is 39.6 Å². The van der Waals surface area contributed by atoms with Crippen molar-refractivity contribution in [1.82, 2.24) is 4.90 Å². The Balaban J connectivity index is 2.11. The molecule has 0 radical (unpaired) electrons. The molecule has 0 amide bonds. The summed E-state index contributed by atoms with van der Waals surface area (Å²) in [6, 6.07) is 6.29. The van der Waals surface area contributed by atoms with E-state index >= 15 is 0 Å². The zero-order chi connectivity index (χ0) is 11.5. The average molecular weight is 220 g/mol. The van der Waals surface area contributed by atoms with E-state index < -0.39 is 0 Å². The van der Waals surface area contributed by atoms with Gasteiger partial charge in [0.15, 0.2) is 0 Å². The van der Waals surface area contributed by atoms with Gasteiger partial charge in [0, 0.05) is 18.2 Å². The van der Waals surface area contributed by atoms with Gasteiger partial charge in [0.1, 0.15) is 5.75 Å². The summed E-state index contributed by atoms with van der Waals surface area (Å²) in [6.45, 7) is 2.18. The molecule has 1 atom stereocenters. The first-order valence-electron chi connectivity index (χ1n) is 5.77. The molecule has 1 aliphatic heterocycles. The summed E-state index contributed by atoms with van der Waals surface area (Å²) in [5, 5.41) is 3.45. The molecule has 88 valence electrons. The maximum Gasteiger partial charge on any atom is 0.119 e. The largest absolute Gasteiger partial charge is 0.497 e. The number of benzene rings is 1. The van der Waals surface area contributed by atoms with Crippen LogP contribution in [0, 0.1) is 0 Å². The Labute approximate surface area is 97.4 Å². The van der Waals surface area contributed by atoms with Crippen LogP contribution in [-0.2, 0) is 0 Å². The van der Waals surface area contributed by atoms with Crippen LogP contribution in [0.2, 0.25) is 0 Å². The van der Waals surface area contributed by atoms with Gasteiger partial charge in [-0.2, -0.15) is 0 Å². The van der Waals surface area contributed by atoms with Gasteiger partial charge in [0.2, 0.25) is 0 Å². The number of hydrogen-bond donors (Lipinski definition) is 1. The average Bonchev–Trinajstić information content (AvgIpc) is 2.68. The number of nitrogens with zero attached hydrogens (tertiary/aromatic N) is 1. The maximum absolute atomic E-state index is 5.28. The minimum Gasteiger partial charge on any atom is -0.497 e. The van der Waals surface area contributed by atoms with E-state index in [0.717, 1.165) is 18.8 Å². The number of nitrogens with one attached hydrogen (secondary N) is 1. The third-order valence-electron chi connectivity index (χ3n) is 3.16. The molecule has 1 N–H and O–H groups in total. The van der Waals surface area contributed by atoms with E-state index in [1.54, 1.807) is 7.11 Å². The van der Waals surface area contributed by atoms with E-state index in [4.69, 9.17) is 4.74 Å². The Bertz CT molecular complexity index is 363. The van der Waals surface area contributed by atoms with Crippen LogP contribution in [0.25, 0.3) is 0 Å². The summed E-state index contributed by atoms with van der Waals surface area (Å²) in [6.07, 6.45) is 1.19. The molecule has 1 heterocycles. The summed E-state index contributed by atoms with van der Waals surface area (Å²) in [4.78, 5) is 2.23. The molecule has 1 aliphatic rings.